The number of halogens is 1. The number of nitriles is 1. The number of amides is 1. The van der Waals surface area contributed by atoms with E-state index in [0.717, 1.165) is 27.9 Å². The van der Waals surface area contributed by atoms with Crippen molar-refractivity contribution in [2.24, 2.45) is 0 Å². The smallest absolute Gasteiger partial charge is 0.225 e. The van der Waals surface area contributed by atoms with Crippen molar-refractivity contribution in [2.45, 2.75) is 18.4 Å². The molecule has 0 radical (unpaired) electrons. The fourth-order valence-electron chi connectivity index (χ4n) is 3.68. The highest BCUT2D eigenvalue weighted by atomic mass is 35.5. The topological polar surface area (TPSA) is 75.0 Å². The first-order valence-corrected chi connectivity index (χ1v) is 12.7. The van der Waals surface area contributed by atoms with Crippen molar-refractivity contribution in [3.05, 3.63) is 95.0 Å². The first-order valence-electron chi connectivity index (χ1n) is 11.3. The number of hydrogen-bond donors (Lipinski definition) is 1. The molecule has 0 bridgehead atoms. The Bertz CT molecular complexity index is 1420. The second kappa shape index (κ2) is 11.8. The van der Waals surface area contributed by atoms with Gasteiger partial charge in [0.15, 0.2) is 0 Å². The van der Waals surface area contributed by atoms with Crippen LogP contribution in [0.1, 0.15) is 17.5 Å². The summed E-state index contributed by atoms with van der Waals surface area (Å²) in [6.07, 6.45) is 0.225. The van der Waals surface area contributed by atoms with Crippen LogP contribution in [0.5, 0.6) is 5.75 Å². The number of ether oxygens (including phenoxy) is 1. The van der Waals surface area contributed by atoms with Crippen molar-refractivity contribution in [3.63, 3.8) is 0 Å². The third-order valence-electron chi connectivity index (χ3n) is 5.53. The van der Waals surface area contributed by atoms with Gasteiger partial charge in [0.1, 0.15) is 16.8 Å². The summed E-state index contributed by atoms with van der Waals surface area (Å²) in [5, 5.41) is 14.0. The number of rotatable bonds is 8. The number of aryl methyl sites for hydroxylation is 1. The molecule has 4 rings (SSSR count). The minimum absolute atomic E-state index is 0.181. The number of nitrogens with zero attached hydrogens (tertiary/aromatic N) is 2. The van der Waals surface area contributed by atoms with Crippen molar-refractivity contribution in [1.82, 2.24) is 4.98 Å². The summed E-state index contributed by atoms with van der Waals surface area (Å²) in [4.78, 5) is 17.4. The number of anilines is 1. The van der Waals surface area contributed by atoms with Crippen molar-refractivity contribution >= 4 is 35.0 Å². The Morgan fingerprint density at radius 2 is 1.81 bits per heavy atom. The standard InChI is InChI=1S/C29H24ClN3O2S/c1-19-8-10-20(11-9-19)23-17-25(21-6-4-3-5-7-21)33-29(24(23)18-31)36-15-14-28(34)32-26-16-22(30)12-13-27(26)35-2/h3-13,16-17H,14-15H2,1-2H3,(H,32,34). The Morgan fingerprint density at radius 3 is 2.50 bits per heavy atom. The van der Waals surface area contributed by atoms with Crippen LogP contribution in [0.25, 0.3) is 22.4 Å². The zero-order valence-electron chi connectivity index (χ0n) is 19.9. The molecule has 1 N–H and O–H groups in total. The Hall–Kier alpha value is -3.79. The number of carbonyl (C=O) groups is 1. The highest BCUT2D eigenvalue weighted by Crippen LogP contribution is 2.35. The van der Waals surface area contributed by atoms with Gasteiger partial charge in [-0.05, 0) is 36.8 Å². The van der Waals surface area contributed by atoms with Crippen LogP contribution in [0, 0.1) is 18.3 Å². The zero-order chi connectivity index (χ0) is 25.5. The Morgan fingerprint density at radius 1 is 1.06 bits per heavy atom. The lowest BCUT2D eigenvalue weighted by molar-refractivity contribution is -0.115. The summed E-state index contributed by atoms with van der Waals surface area (Å²) < 4.78 is 5.30. The average molecular weight is 514 g/mol. The van der Waals surface area contributed by atoms with E-state index in [0.29, 0.717) is 32.8 Å². The molecule has 0 aliphatic carbocycles. The molecule has 1 amide bonds. The van der Waals surface area contributed by atoms with E-state index < -0.39 is 0 Å². The Kier molecular flexibility index (Phi) is 8.27. The molecule has 180 valence electrons. The van der Waals surface area contributed by atoms with Crippen molar-refractivity contribution in [1.29, 1.82) is 5.26 Å². The van der Waals surface area contributed by atoms with E-state index in [2.05, 4.69) is 11.4 Å². The van der Waals surface area contributed by atoms with E-state index >= 15 is 0 Å². The summed E-state index contributed by atoms with van der Waals surface area (Å²) in [6.45, 7) is 2.03. The van der Waals surface area contributed by atoms with Crippen LogP contribution in [0.3, 0.4) is 0 Å². The van der Waals surface area contributed by atoms with Crippen LogP contribution in [0.15, 0.2) is 83.9 Å². The fourth-order valence-corrected chi connectivity index (χ4v) is 4.80. The Balaban J connectivity index is 1.59. The van der Waals surface area contributed by atoms with Crippen LogP contribution in [-0.4, -0.2) is 23.8 Å². The van der Waals surface area contributed by atoms with E-state index in [-0.39, 0.29) is 12.3 Å². The fraction of sp³-hybridized carbons (Fsp3) is 0.138. The highest BCUT2D eigenvalue weighted by molar-refractivity contribution is 7.99. The Labute approximate surface area is 220 Å². The lowest BCUT2D eigenvalue weighted by Crippen LogP contribution is -2.13. The van der Waals surface area contributed by atoms with Gasteiger partial charge in [-0.1, -0.05) is 71.8 Å². The third-order valence-corrected chi connectivity index (χ3v) is 6.75. The summed E-state index contributed by atoms with van der Waals surface area (Å²) in [5.74, 6) is 0.800. The van der Waals surface area contributed by atoms with Crippen LogP contribution >= 0.6 is 23.4 Å². The number of thioether (sulfide) groups is 1. The van der Waals surface area contributed by atoms with Gasteiger partial charge in [-0.25, -0.2) is 4.98 Å². The maximum atomic E-state index is 12.6. The number of pyridine rings is 1. The van der Waals surface area contributed by atoms with Crippen molar-refractivity contribution in [2.75, 3.05) is 18.2 Å². The number of hydrogen-bond acceptors (Lipinski definition) is 5. The summed E-state index contributed by atoms with van der Waals surface area (Å²) in [7, 11) is 1.54. The van der Waals surface area contributed by atoms with Gasteiger partial charge in [-0.2, -0.15) is 5.26 Å². The van der Waals surface area contributed by atoms with E-state index in [9.17, 15) is 10.1 Å². The largest absolute Gasteiger partial charge is 0.495 e. The van der Waals surface area contributed by atoms with Crippen LogP contribution in [-0.2, 0) is 4.79 Å². The average Bonchev–Trinajstić information content (AvgIpc) is 2.89. The second-order valence-electron chi connectivity index (χ2n) is 8.07. The van der Waals surface area contributed by atoms with Crippen LogP contribution in [0.4, 0.5) is 5.69 Å². The molecule has 0 aliphatic heterocycles. The number of methoxy groups -OCH3 is 1. The molecule has 4 aromatic rings. The molecule has 1 aromatic heterocycles. The van der Waals surface area contributed by atoms with Crippen LogP contribution in [0.2, 0.25) is 5.02 Å². The lowest BCUT2D eigenvalue weighted by atomic mass is 9.98. The SMILES string of the molecule is COc1ccc(Cl)cc1NC(=O)CCSc1nc(-c2ccccc2)cc(-c2ccc(C)cc2)c1C#N. The van der Waals surface area contributed by atoms with E-state index in [1.54, 1.807) is 18.2 Å². The molecular weight excluding hydrogens is 490 g/mol. The zero-order valence-corrected chi connectivity index (χ0v) is 21.5. The minimum atomic E-state index is -0.181. The van der Waals surface area contributed by atoms with Gasteiger partial charge in [0.2, 0.25) is 5.91 Å². The van der Waals surface area contributed by atoms with E-state index in [4.69, 9.17) is 21.3 Å². The highest BCUT2D eigenvalue weighted by Gasteiger charge is 2.17. The molecule has 0 saturated heterocycles. The predicted octanol–water partition coefficient (Wildman–Crippen LogP) is 7.38. The molecular formula is C29H24ClN3O2S. The molecule has 5 nitrogen and oxygen atoms in total. The number of benzene rings is 3. The molecule has 0 aliphatic rings. The molecule has 0 fully saturated rings. The first kappa shape index (κ1) is 25.3. The molecule has 7 heteroatoms. The van der Waals surface area contributed by atoms with Gasteiger partial charge < -0.3 is 10.1 Å². The molecule has 0 saturated carbocycles. The van der Waals surface area contributed by atoms with Gasteiger partial charge in [0, 0.05) is 28.3 Å². The summed E-state index contributed by atoms with van der Waals surface area (Å²) >= 11 is 7.46. The maximum Gasteiger partial charge on any atom is 0.225 e. The molecule has 1 heterocycles. The molecule has 0 unspecified atom stereocenters. The monoisotopic (exact) mass is 513 g/mol. The van der Waals surface area contributed by atoms with Gasteiger partial charge in [0.25, 0.3) is 0 Å². The predicted molar refractivity (Wildman–Crippen MR) is 147 cm³/mol. The summed E-state index contributed by atoms with van der Waals surface area (Å²) in [5.41, 5.74) is 5.67. The molecule has 36 heavy (non-hydrogen) atoms. The van der Waals surface area contributed by atoms with Gasteiger partial charge in [-0.15, -0.1) is 11.8 Å². The quantitative estimate of drug-likeness (QED) is 0.249. The third kappa shape index (κ3) is 6.06. The molecule has 0 spiro atoms. The van der Waals surface area contributed by atoms with Gasteiger partial charge in [0.05, 0.1) is 24.1 Å². The van der Waals surface area contributed by atoms with Crippen LogP contribution < -0.4 is 10.1 Å². The second-order valence-corrected chi connectivity index (χ2v) is 9.59. The van der Waals surface area contributed by atoms with Crippen molar-refractivity contribution < 1.29 is 9.53 Å². The number of aromatic nitrogens is 1. The normalized spacial score (nSPS) is 10.5. The van der Waals surface area contributed by atoms with Crippen molar-refractivity contribution in [3.8, 4) is 34.2 Å². The number of carbonyl (C=O) groups excluding carboxylic acids is 1. The maximum absolute atomic E-state index is 12.6. The van der Waals surface area contributed by atoms with Gasteiger partial charge >= 0.3 is 0 Å². The number of nitrogens with one attached hydrogen (secondary N) is 1. The van der Waals surface area contributed by atoms with E-state index in [1.165, 1.54) is 18.9 Å². The molecule has 3 aromatic carbocycles. The minimum Gasteiger partial charge on any atom is -0.495 e. The lowest BCUT2D eigenvalue weighted by Gasteiger charge is -2.13. The first-order chi connectivity index (χ1) is 17.5. The summed E-state index contributed by atoms with van der Waals surface area (Å²) in [6, 6.07) is 27.3. The van der Waals surface area contributed by atoms with E-state index in [1.807, 2.05) is 67.6 Å². The molecule has 0 atom stereocenters. The van der Waals surface area contributed by atoms with Gasteiger partial charge in [-0.3, -0.25) is 4.79 Å².